The van der Waals surface area contributed by atoms with E-state index in [0.717, 1.165) is 5.56 Å². The predicted molar refractivity (Wildman–Crippen MR) is 100 cm³/mol. The molecular formula is C19H22N2O5S. The van der Waals surface area contributed by atoms with Gasteiger partial charge in [0.1, 0.15) is 0 Å². The quantitative estimate of drug-likeness (QED) is 0.818. The zero-order valence-electron chi connectivity index (χ0n) is 15.4. The topological polar surface area (TPSA) is 93.7 Å². The Bertz CT molecular complexity index is 964. The van der Waals surface area contributed by atoms with Crippen molar-refractivity contribution in [3.05, 3.63) is 53.6 Å². The molecule has 0 radical (unpaired) electrons. The lowest BCUT2D eigenvalue weighted by atomic mass is 10.1. The normalized spacial score (nSPS) is 13.4. The van der Waals surface area contributed by atoms with Crippen molar-refractivity contribution in [1.29, 1.82) is 0 Å². The van der Waals surface area contributed by atoms with Crippen LogP contribution in [0.25, 0.3) is 0 Å². The number of fused-ring (bicyclic) bond motifs is 1. The van der Waals surface area contributed by atoms with Crippen molar-refractivity contribution in [3.63, 3.8) is 0 Å². The largest absolute Gasteiger partial charge is 0.454 e. The van der Waals surface area contributed by atoms with Crippen molar-refractivity contribution >= 4 is 15.9 Å². The Morgan fingerprint density at radius 1 is 1.07 bits per heavy atom. The van der Waals surface area contributed by atoms with Gasteiger partial charge in [-0.1, -0.05) is 12.1 Å². The fourth-order valence-electron chi connectivity index (χ4n) is 2.60. The van der Waals surface area contributed by atoms with Crippen molar-refractivity contribution in [2.75, 3.05) is 6.79 Å². The smallest absolute Gasteiger partial charge is 0.251 e. The van der Waals surface area contributed by atoms with Gasteiger partial charge < -0.3 is 14.8 Å². The zero-order chi connectivity index (χ0) is 19.7. The molecule has 3 rings (SSSR count). The van der Waals surface area contributed by atoms with E-state index < -0.39 is 15.6 Å². The van der Waals surface area contributed by atoms with Crippen molar-refractivity contribution in [3.8, 4) is 11.5 Å². The SMILES string of the molecule is CC(C)(C)NS(=O)(=O)c1cccc(C(=O)NCc2ccc3c(c2)OCO3)c1. The fraction of sp³-hybridized carbons (Fsp3) is 0.316. The number of sulfonamides is 1. The zero-order valence-corrected chi connectivity index (χ0v) is 16.2. The van der Waals surface area contributed by atoms with E-state index in [1.807, 2.05) is 6.07 Å². The van der Waals surface area contributed by atoms with Gasteiger partial charge in [0.05, 0.1) is 4.90 Å². The van der Waals surface area contributed by atoms with Gasteiger partial charge in [0, 0.05) is 17.6 Å². The molecule has 0 aromatic heterocycles. The summed E-state index contributed by atoms with van der Waals surface area (Å²) in [6.07, 6.45) is 0. The van der Waals surface area contributed by atoms with Crippen LogP contribution in [0, 0.1) is 0 Å². The third-order valence-electron chi connectivity index (χ3n) is 3.74. The van der Waals surface area contributed by atoms with Gasteiger partial charge >= 0.3 is 0 Å². The van der Waals surface area contributed by atoms with Crippen LogP contribution in [0.2, 0.25) is 0 Å². The van der Waals surface area contributed by atoms with Crippen molar-refractivity contribution in [2.24, 2.45) is 0 Å². The van der Waals surface area contributed by atoms with E-state index in [1.54, 1.807) is 45.0 Å². The van der Waals surface area contributed by atoms with Gasteiger partial charge in [-0.15, -0.1) is 0 Å². The number of benzene rings is 2. The number of rotatable bonds is 5. The summed E-state index contributed by atoms with van der Waals surface area (Å²) in [5.41, 5.74) is 0.509. The molecule has 1 aliphatic heterocycles. The molecule has 1 heterocycles. The molecule has 0 unspecified atom stereocenters. The Hall–Kier alpha value is -2.58. The van der Waals surface area contributed by atoms with Crippen molar-refractivity contribution in [1.82, 2.24) is 10.0 Å². The van der Waals surface area contributed by atoms with E-state index in [4.69, 9.17) is 9.47 Å². The highest BCUT2D eigenvalue weighted by molar-refractivity contribution is 7.89. The highest BCUT2D eigenvalue weighted by Gasteiger charge is 2.22. The first-order valence-electron chi connectivity index (χ1n) is 8.45. The van der Waals surface area contributed by atoms with E-state index in [0.29, 0.717) is 11.5 Å². The molecule has 0 aliphatic carbocycles. The average molecular weight is 390 g/mol. The molecule has 1 amide bonds. The van der Waals surface area contributed by atoms with Crippen LogP contribution in [0.3, 0.4) is 0 Å². The number of nitrogens with one attached hydrogen (secondary N) is 2. The van der Waals surface area contributed by atoms with Crippen LogP contribution < -0.4 is 19.5 Å². The highest BCUT2D eigenvalue weighted by atomic mass is 32.2. The van der Waals surface area contributed by atoms with Crippen LogP contribution in [0.1, 0.15) is 36.7 Å². The summed E-state index contributed by atoms with van der Waals surface area (Å²) < 4.78 is 38.0. The first-order chi connectivity index (χ1) is 12.6. The van der Waals surface area contributed by atoms with Crippen LogP contribution in [0.15, 0.2) is 47.4 Å². The van der Waals surface area contributed by atoms with Gasteiger partial charge in [-0.05, 0) is 56.7 Å². The van der Waals surface area contributed by atoms with Crippen LogP contribution in [-0.4, -0.2) is 26.7 Å². The predicted octanol–water partition coefficient (Wildman–Crippen LogP) is 2.42. The maximum absolute atomic E-state index is 12.4. The van der Waals surface area contributed by atoms with Gasteiger partial charge in [-0.25, -0.2) is 13.1 Å². The lowest BCUT2D eigenvalue weighted by Gasteiger charge is -2.20. The van der Waals surface area contributed by atoms with E-state index >= 15 is 0 Å². The second-order valence-corrected chi connectivity index (χ2v) is 8.94. The lowest BCUT2D eigenvalue weighted by Crippen LogP contribution is -2.40. The van der Waals surface area contributed by atoms with Gasteiger partial charge in [-0.3, -0.25) is 4.79 Å². The molecular weight excluding hydrogens is 368 g/mol. The summed E-state index contributed by atoms with van der Waals surface area (Å²) >= 11 is 0. The molecule has 0 bridgehead atoms. The molecule has 8 heteroatoms. The first kappa shape index (κ1) is 19.2. The van der Waals surface area contributed by atoms with Crippen LogP contribution in [-0.2, 0) is 16.6 Å². The first-order valence-corrected chi connectivity index (χ1v) is 9.93. The van der Waals surface area contributed by atoms with Gasteiger partial charge in [0.15, 0.2) is 11.5 Å². The molecule has 0 atom stereocenters. The molecule has 7 nitrogen and oxygen atoms in total. The molecule has 0 spiro atoms. The number of carbonyl (C=O) groups excluding carboxylic acids is 1. The molecule has 2 N–H and O–H groups in total. The second-order valence-electron chi connectivity index (χ2n) is 7.25. The minimum atomic E-state index is -3.71. The molecule has 27 heavy (non-hydrogen) atoms. The molecule has 0 saturated carbocycles. The molecule has 0 fully saturated rings. The molecule has 1 aliphatic rings. The van der Waals surface area contributed by atoms with Gasteiger partial charge in [-0.2, -0.15) is 0 Å². The lowest BCUT2D eigenvalue weighted by molar-refractivity contribution is 0.0950. The molecule has 144 valence electrons. The van der Waals surface area contributed by atoms with E-state index in [-0.39, 0.29) is 29.7 Å². The van der Waals surface area contributed by atoms with E-state index in [1.165, 1.54) is 12.1 Å². The standard InChI is InChI=1S/C19H22N2O5S/c1-19(2,3)21-27(23,24)15-6-4-5-14(10-15)18(22)20-11-13-7-8-16-17(9-13)26-12-25-16/h4-10,21H,11-12H2,1-3H3,(H,20,22). The van der Waals surface area contributed by atoms with Crippen molar-refractivity contribution in [2.45, 2.75) is 37.8 Å². The molecule has 2 aromatic carbocycles. The minimum absolute atomic E-state index is 0.0492. The highest BCUT2D eigenvalue weighted by Crippen LogP contribution is 2.32. The summed E-state index contributed by atoms with van der Waals surface area (Å²) in [5, 5.41) is 2.78. The number of hydrogen-bond acceptors (Lipinski definition) is 5. The Balaban J connectivity index is 1.70. The van der Waals surface area contributed by atoms with Gasteiger partial charge in [0.25, 0.3) is 5.91 Å². The summed E-state index contributed by atoms with van der Waals surface area (Å²) in [7, 11) is -3.71. The van der Waals surface area contributed by atoms with Crippen LogP contribution in [0.5, 0.6) is 11.5 Å². The second kappa shape index (κ2) is 7.21. The van der Waals surface area contributed by atoms with Crippen LogP contribution in [0.4, 0.5) is 0 Å². The maximum Gasteiger partial charge on any atom is 0.251 e. The monoisotopic (exact) mass is 390 g/mol. The Morgan fingerprint density at radius 3 is 2.56 bits per heavy atom. The Kier molecular flexibility index (Phi) is 5.12. The molecule has 2 aromatic rings. The Morgan fingerprint density at radius 2 is 1.81 bits per heavy atom. The average Bonchev–Trinajstić information content (AvgIpc) is 3.05. The summed E-state index contributed by atoms with van der Waals surface area (Å²) in [4.78, 5) is 12.5. The van der Waals surface area contributed by atoms with E-state index in [9.17, 15) is 13.2 Å². The summed E-state index contributed by atoms with van der Waals surface area (Å²) in [6.45, 7) is 5.74. The number of amides is 1. The number of carbonyl (C=O) groups is 1. The maximum atomic E-state index is 12.4. The fourth-order valence-corrected chi connectivity index (χ4v) is 4.07. The summed E-state index contributed by atoms with van der Waals surface area (Å²) in [5.74, 6) is 0.956. The third-order valence-corrected chi connectivity index (χ3v) is 5.49. The molecule has 0 saturated heterocycles. The van der Waals surface area contributed by atoms with Crippen LogP contribution >= 0.6 is 0 Å². The minimum Gasteiger partial charge on any atom is -0.454 e. The Labute approximate surface area is 158 Å². The number of ether oxygens (including phenoxy) is 2. The third kappa shape index (κ3) is 4.78. The van der Waals surface area contributed by atoms with Crippen molar-refractivity contribution < 1.29 is 22.7 Å². The van der Waals surface area contributed by atoms with Gasteiger partial charge in [0.2, 0.25) is 16.8 Å². The summed E-state index contributed by atoms with van der Waals surface area (Å²) in [6, 6.07) is 11.4. The van der Waals surface area contributed by atoms with E-state index in [2.05, 4.69) is 10.0 Å². The number of hydrogen-bond donors (Lipinski definition) is 2.